The number of alkyl halides is 3. The second kappa shape index (κ2) is 5.81. The SMILES string of the molecule is CCS(=O)(=O)CCNc1ccc(C)c(C(F)(F)F)c1. The van der Waals surface area contributed by atoms with Crippen molar-refractivity contribution in [2.45, 2.75) is 20.0 Å². The molecule has 0 saturated heterocycles. The van der Waals surface area contributed by atoms with E-state index in [-0.39, 0.29) is 29.3 Å². The summed E-state index contributed by atoms with van der Waals surface area (Å²) < 4.78 is 60.5. The number of sulfone groups is 1. The van der Waals surface area contributed by atoms with Gasteiger partial charge in [0.1, 0.15) is 0 Å². The van der Waals surface area contributed by atoms with Crippen LogP contribution >= 0.6 is 0 Å². The van der Waals surface area contributed by atoms with E-state index in [9.17, 15) is 21.6 Å². The Bertz CT molecular complexity index is 538. The second-order valence-electron chi connectivity index (χ2n) is 4.19. The predicted octanol–water partition coefficient (Wildman–Crippen LogP) is 2.86. The molecule has 19 heavy (non-hydrogen) atoms. The third-order valence-electron chi connectivity index (χ3n) is 2.72. The summed E-state index contributed by atoms with van der Waals surface area (Å²) in [5.74, 6) is -0.0743. The van der Waals surface area contributed by atoms with Gasteiger partial charge in [-0.05, 0) is 24.6 Å². The molecule has 108 valence electrons. The number of hydrogen-bond donors (Lipinski definition) is 1. The van der Waals surface area contributed by atoms with E-state index in [0.29, 0.717) is 0 Å². The molecule has 0 aliphatic carbocycles. The van der Waals surface area contributed by atoms with E-state index in [1.165, 1.54) is 26.0 Å². The molecule has 0 radical (unpaired) electrons. The van der Waals surface area contributed by atoms with Gasteiger partial charge < -0.3 is 5.32 Å². The number of halogens is 3. The van der Waals surface area contributed by atoms with E-state index in [4.69, 9.17) is 0 Å². The van der Waals surface area contributed by atoms with Gasteiger partial charge in [-0.2, -0.15) is 13.2 Å². The summed E-state index contributed by atoms with van der Waals surface area (Å²) in [5, 5.41) is 2.70. The summed E-state index contributed by atoms with van der Waals surface area (Å²) in [7, 11) is -3.12. The fourth-order valence-corrected chi connectivity index (χ4v) is 2.23. The van der Waals surface area contributed by atoms with Gasteiger partial charge in [0, 0.05) is 18.0 Å². The summed E-state index contributed by atoms with van der Waals surface area (Å²) in [6.45, 7) is 3.01. The Hall–Kier alpha value is -1.24. The fraction of sp³-hybridized carbons (Fsp3) is 0.500. The lowest BCUT2D eigenvalue weighted by Crippen LogP contribution is -2.17. The minimum absolute atomic E-state index is 0.0242. The molecule has 0 bridgehead atoms. The summed E-state index contributed by atoms with van der Waals surface area (Å²) in [4.78, 5) is 0. The van der Waals surface area contributed by atoms with E-state index < -0.39 is 21.6 Å². The van der Waals surface area contributed by atoms with E-state index in [1.54, 1.807) is 0 Å². The number of benzene rings is 1. The van der Waals surface area contributed by atoms with E-state index >= 15 is 0 Å². The first kappa shape index (κ1) is 15.8. The van der Waals surface area contributed by atoms with Gasteiger partial charge >= 0.3 is 6.18 Å². The molecule has 0 unspecified atom stereocenters. The van der Waals surface area contributed by atoms with Crippen molar-refractivity contribution in [3.8, 4) is 0 Å². The molecule has 0 spiro atoms. The first-order valence-electron chi connectivity index (χ1n) is 5.78. The van der Waals surface area contributed by atoms with E-state index in [0.717, 1.165) is 6.07 Å². The van der Waals surface area contributed by atoms with Gasteiger partial charge in [0.15, 0.2) is 9.84 Å². The fourth-order valence-electron chi connectivity index (χ4n) is 1.53. The van der Waals surface area contributed by atoms with Crippen molar-refractivity contribution in [2.24, 2.45) is 0 Å². The molecule has 0 fully saturated rings. The van der Waals surface area contributed by atoms with Crippen LogP contribution in [0.1, 0.15) is 18.1 Å². The molecule has 0 atom stereocenters. The summed E-state index contributed by atoms with van der Waals surface area (Å²) in [5.41, 5.74) is -0.306. The molecule has 1 rings (SSSR count). The van der Waals surface area contributed by atoms with Crippen molar-refractivity contribution in [3.63, 3.8) is 0 Å². The summed E-state index contributed by atoms with van der Waals surface area (Å²) in [6, 6.07) is 3.86. The molecule has 0 aliphatic heterocycles. The van der Waals surface area contributed by atoms with Crippen LogP contribution in [0.2, 0.25) is 0 Å². The Morgan fingerprint density at radius 3 is 2.42 bits per heavy atom. The van der Waals surface area contributed by atoms with Crippen molar-refractivity contribution >= 4 is 15.5 Å². The molecule has 1 N–H and O–H groups in total. The van der Waals surface area contributed by atoms with Gasteiger partial charge in [-0.3, -0.25) is 0 Å². The van der Waals surface area contributed by atoms with E-state index in [1.807, 2.05) is 0 Å². The molecule has 1 aromatic rings. The monoisotopic (exact) mass is 295 g/mol. The number of hydrogen-bond acceptors (Lipinski definition) is 3. The van der Waals surface area contributed by atoms with Crippen LogP contribution in [-0.2, 0) is 16.0 Å². The first-order valence-corrected chi connectivity index (χ1v) is 7.60. The lowest BCUT2D eigenvalue weighted by Gasteiger charge is -2.13. The normalized spacial score (nSPS) is 12.5. The lowest BCUT2D eigenvalue weighted by atomic mass is 10.1. The predicted molar refractivity (Wildman–Crippen MR) is 69.0 cm³/mol. The smallest absolute Gasteiger partial charge is 0.384 e. The maximum absolute atomic E-state index is 12.7. The maximum atomic E-state index is 12.7. The number of rotatable bonds is 5. The Morgan fingerprint density at radius 2 is 1.89 bits per heavy atom. The van der Waals surface area contributed by atoms with Gasteiger partial charge in [-0.15, -0.1) is 0 Å². The molecular formula is C12H16F3NO2S. The molecule has 0 amide bonds. The summed E-state index contributed by atoms with van der Waals surface area (Å²) >= 11 is 0. The van der Waals surface area contributed by atoms with Crippen molar-refractivity contribution in [3.05, 3.63) is 29.3 Å². The maximum Gasteiger partial charge on any atom is 0.416 e. The van der Waals surface area contributed by atoms with E-state index in [2.05, 4.69) is 5.32 Å². The van der Waals surface area contributed by atoms with Gasteiger partial charge in [0.2, 0.25) is 0 Å². The van der Waals surface area contributed by atoms with Gasteiger partial charge in [0.05, 0.1) is 11.3 Å². The molecule has 1 aromatic carbocycles. The number of anilines is 1. The highest BCUT2D eigenvalue weighted by molar-refractivity contribution is 7.91. The molecule has 0 aliphatic rings. The molecule has 3 nitrogen and oxygen atoms in total. The molecular weight excluding hydrogens is 279 g/mol. The van der Waals surface area contributed by atoms with Crippen LogP contribution < -0.4 is 5.32 Å². The zero-order valence-electron chi connectivity index (χ0n) is 10.7. The molecule has 0 heterocycles. The second-order valence-corrected chi connectivity index (χ2v) is 6.66. The Morgan fingerprint density at radius 1 is 1.26 bits per heavy atom. The topological polar surface area (TPSA) is 46.2 Å². The van der Waals surface area contributed by atoms with Gasteiger partial charge in [-0.25, -0.2) is 8.42 Å². The Kier molecular flexibility index (Phi) is 4.84. The minimum Gasteiger partial charge on any atom is -0.384 e. The quantitative estimate of drug-likeness (QED) is 0.908. The minimum atomic E-state index is -4.41. The largest absolute Gasteiger partial charge is 0.416 e. The Balaban J connectivity index is 2.76. The standard InChI is InChI=1S/C12H16F3NO2S/c1-3-19(17,18)7-6-16-10-5-4-9(2)11(8-10)12(13,14)15/h4-5,8,16H,3,6-7H2,1-2H3. The van der Waals surface area contributed by atoms with Crippen LogP contribution in [0, 0.1) is 6.92 Å². The van der Waals surface area contributed by atoms with Crippen LogP contribution in [0.25, 0.3) is 0 Å². The highest BCUT2D eigenvalue weighted by Gasteiger charge is 2.32. The van der Waals surface area contributed by atoms with Crippen molar-refractivity contribution in [2.75, 3.05) is 23.4 Å². The first-order chi connectivity index (χ1) is 8.65. The zero-order chi connectivity index (χ0) is 14.7. The lowest BCUT2D eigenvalue weighted by molar-refractivity contribution is -0.138. The van der Waals surface area contributed by atoms with Crippen LogP contribution in [0.15, 0.2) is 18.2 Å². The van der Waals surface area contributed by atoms with Crippen LogP contribution in [0.3, 0.4) is 0 Å². The molecule has 0 aromatic heterocycles. The summed E-state index contributed by atoms with van der Waals surface area (Å²) in [6.07, 6.45) is -4.41. The average molecular weight is 295 g/mol. The van der Waals surface area contributed by atoms with Gasteiger partial charge in [0.25, 0.3) is 0 Å². The highest BCUT2D eigenvalue weighted by Crippen LogP contribution is 2.33. The van der Waals surface area contributed by atoms with Gasteiger partial charge in [-0.1, -0.05) is 13.0 Å². The van der Waals surface area contributed by atoms with Crippen LogP contribution in [0.5, 0.6) is 0 Å². The average Bonchev–Trinajstić information content (AvgIpc) is 2.30. The van der Waals surface area contributed by atoms with Crippen molar-refractivity contribution < 1.29 is 21.6 Å². The van der Waals surface area contributed by atoms with Crippen LogP contribution in [0.4, 0.5) is 18.9 Å². The Labute approximate surface area is 110 Å². The third kappa shape index (κ3) is 4.74. The highest BCUT2D eigenvalue weighted by atomic mass is 32.2. The molecule has 7 heteroatoms. The van der Waals surface area contributed by atoms with Crippen molar-refractivity contribution in [1.29, 1.82) is 0 Å². The molecule has 0 saturated carbocycles. The van der Waals surface area contributed by atoms with Crippen molar-refractivity contribution in [1.82, 2.24) is 0 Å². The number of aryl methyl sites for hydroxylation is 1. The third-order valence-corrected chi connectivity index (χ3v) is 4.43. The number of nitrogens with one attached hydrogen (secondary N) is 1. The zero-order valence-corrected chi connectivity index (χ0v) is 11.5. The van der Waals surface area contributed by atoms with Crippen LogP contribution in [-0.4, -0.2) is 26.5 Å².